The monoisotopic (exact) mass is 234 g/mol. The van der Waals surface area contributed by atoms with Gasteiger partial charge in [0, 0.05) is 18.3 Å². The summed E-state index contributed by atoms with van der Waals surface area (Å²) >= 11 is 0. The van der Waals surface area contributed by atoms with Crippen molar-refractivity contribution in [1.29, 1.82) is 0 Å². The van der Waals surface area contributed by atoms with Crippen LogP contribution in [-0.4, -0.2) is 24.2 Å². The first-order valence-electron chi connectivity index (χ1n) is 6.59. The van der Waals surface area contributed by atoms with Crippen LogP contribution in [0.15, 0.2) is 18.3 Å². The zero-order chi connectivity index (χ0) is 12.3. The van der Waals surface area contributed by atoms with E-state index in [0.717, 1.165) is 11.6 Å². The predicted molar refractivity (Wildman–Crippen MR) is 70.7 cm³/mol. The second-order valence-corrected chi connectivity index (χ2v) is 4.64. The molecule has 1 aliphatic rings. The first-order chi connectivity index (χ1) is 8.31. The molecule has 0 amide bonds. The number of ether oxygens (including phenoxy) is 1. The number of anilines is 1. The third-order valence-corrected chi connectivity index (χ3v) is 3.78. The molecule has 17 heavy (non-hydrogen) atoms. The summed E-state index contributed by atoms with van der Waals surface area (Å²) in [5.74, 6) is 1.91. The van der Waals surface area contributed by atoms with Crippen molar-refractivity contribution < 1.29 is 4.74 Å². The molecule has 2 unspecified atom stereocenters. The van der Waals surface area contributed by atoms with E-state index in [2.05, 4.69) is 23.7 Å². The molecule has 0 bridgehead atoms. The third-order valence-electron chi connectivity index (χ3n) is 3.78. The van der Waals surface area contributed by atoms with Crippen LogP contribution in [0.1, 0.15) is 39.5 Å². The van der Waals surface area contributed by atoms with Gasteiger partial charge in [0.1, 0.15) is 0 Å². The largest absolute Gasteiger partial charge is 0.493 e. The van der Waals surface area contributed by atoms with Crippen LogP contribution in [0.4, 0.5) is 5.82 Å². The van der Waals surface area contributed by atoms with Crippen molar-refractivity contribution in [3.63, 3.8) is 0 Å². The third kappa shape index (κ3) is 2.24. The zero-order valence-electron chi connectivity index (χ0n) is 11.0. The van der Waals surface area contributed by atoms with Crippen LogP contribution in [0.5, 0.6) is 5.75 Å². The van der Waals surface area contributed by atoms with Crippen molar-refractivity contribution in [2.24, 2.45) is 0 Å². The fourth-order valence-electron chi connectivity index (χ4n) is 2.84. The van der Waals surface area contributed by atoms with E-state index in [4.69, 9.17) is 4.74 Å². The maximum Gasteiger partial charge on any atom is 0.171 e. The van der Waals surface area contributed by atoms with Crippen LogP contribution in [0.3, 0.4) is 0 Å². The highest BCUT2D eigenvalue weighted by Gasteiger charge is 2.33. The smallest absolute Gasteiger partial charge is 0.171 e. The molecule has 0 aromatic carbocycles. The summed E-state index contributed by atoms with van der Waals surface area (Å²) in [7, 11) is 1.72. The van der Waals surface area contributed by atoms with E-state index < -0.39 is 0 Å². The second-order valence-electron chi connectivity index (χ2n) is 4.64. The molecule has 0 spiro atoms. The Bertz CT molecular complexity index is 355. The molecule has 0 N–H and O–H groups in total. The van der Waals surface area contributed by atoms with E-state index in [-0.39, 0.29) is 0 Å². The molecular weight excluding hydrogens is 212 g/mol. The van der Waals surface area contributed by atoms with E-state index in [1.807, 2.05) is 18.3 Å². The fraction of sp³-hybridized carbons (Fsp3) is 0.643. The van der Waals surface area contributed by atoms with Gasteiger partial charge >= 0.3 is 0 Å². The SMILES string of the molecule is CCC1CCC(CC)N1c1ncccc1OC. The fourth-order valence-corrected chi connectivity index (χ4v) is 2.84. The number of pyridine rings is 1. The van der Waals surface area contributed by atoms with Crippen molar-refractivity contribution in [2.45, 2.75) is 51.6 Å². The van der Waals surface area contributed by atoms with Crippen molar-refractivity contribution in [1.82, 2.24) is 4.98 Å². The predicted octanol–water partition coefficient (Wildman–Crippen LogP) is 3.25. The minimum absolute atomic E-state index is 0.615. The van der Waals surface area contributed by atoms with Crippen molar-refractivity contribution in [3.8, 4) is 5.75 Å². The maximum atomic E-state index is 5.44. The maximum absolute atomic E-state index is 5.44. The minimum atomic E-state index is 0.615. The molecule has 3 nitrogen and oxygen atoms in total. The van der Waals surface area contributed by atoms with Gasteiger partial charge in [-0.05, 0) is 37.8 Å². The van der Waals surface area contributed by atoms with Crippen molar-refractivity contribution in [3.05, 3.63) is 18.3 Å². The lowest BCUT2D eigenvalue weighted by molar-refractivity contribution is 0.409. The lowest BCUT2D eigenvalue weighted by Crippen LogP contribution is -2.36. The van der Waals surface area contributed by atoms with Gasteiger partial charge in [-0.1, -0.05) is 13.8 Å². The number of aromatic nitrogens is 1. The van der Waals surface area contributed by atoms with Crippen LogP contribution in [-0.2, 0) is 0 Å². The summed E-state index contributed by atoms with van der Waals surface area (Å²) in [6.45, 7) is 4.51. The highest BCUT2D eigenvalue weighted by atomic mass is 16.5. The van der Waals surface area contributed by atoms with Crippen molar-refractivity contribution >= 4 is 5.82 Å². The highest BCUT2D eigenvalue weighted by molar-refractivity contribution is 5.54. The Morgan fingerprint density at radius 2 is 1.94 bits per heavy atom. The number of hydrogen-bond donors (Lipinski definition) is 0. The standard InChI is InChI=1S/C14H22N2O/c1-4-11-8-9-12(5-2)16(11)14-13(17-3)7-6-10-15-14/h6-7,10-12H,4-5,8-9H2,1-3H3. The lowest BCUT2D eigenvalue weighted by atomic mass is 10.1. The second kappa shape index (κ2) is 5.39. The van der Waals surface area contributed by atoms with Gasteiger partial charge in [0.15, 0.2) is 11.6 Å². The quantitative estimate of drug-likeness (QED) is 0.799. The lowest BCUT2D eigenvalue weighted by Gasteiger charge is -2.31. The minimum Gasteiger partial charge on any atom is -0.493 e. The summed E-state index contributed by atoms with van der Waals surface area (Å²) in [5, 5.41) is 0. The van der Waals surface area contributed by atoms with Gasteiger partial charge in [0.25, 0.3) is 0 Å². The molecule has 2 atom stereocenters. The van der Waals surface area contributed by atoms with E-state index in [1.54, 1.807) is 7.11 Å². The molecule has 1 aliphatic heterocycles. The zero-order valence-corrected chi connectivity index (χ0v) is 11.0. The molecule has 0 saturated carbocycles. The van der Waals surface area contributed by atoms with Crippen LogP contribution in [0, 0.1) is 0 Å². The summed E-state index contributed by atoms with van der Waals surface area (Å²) in [5.41, 5.74) is 0. The summed E-state index contributed by atoms with van der Waals surface area (Å²) < 4.78 is 5.44. The van der Waals surface area contributed by atoms with Crippen LogP contribution in [0.2, 0.25) is 0 Å². The molecule has 2 heterocycles. The van der Waals surface area contributed by atoms with E-state index in [1.165, 1.54) is 25.7 Å². The average molecular weight is 234 g/mol. The van der Waals surface area contributed by atoms with Gasteiger partial charge < -0.3 is 9.64 Å². The Labute approximate surface area is 104 Å². The van der Waals surface area contributed by atoms with Crippen molar-refractivity contribution in [2.75, 3.05) is 12.0 Å². The van der Waals surface area contributed by atoms with E-state index in [0.29, 0.717) is 12.1 Å². The van der Waals surface area contributed by atoms with Crippen LogP contribution < -0.4 is 9.64 Å². The Kier molecular flexibility index (Phi) is 3.87. The number of nitrogens with zero attached hydrogens (tertiary/aromatic N) is 2. The average Bonchev–Trinajstić information content (AvgIpc) is 2.81. The van der Waals surface area contributed by atoms with Gasteiger partial charge in [-0.25, -0.2) is 4.98 Å². The number of methoxy groups -OCH3 is 1. The normalized spacial score (nSPS) is 24.1. The molecule has 1 fully saturated rings. The van der Waals surface area contributed by atoms with Crippen LogP contribution in [0.25, 0.3) is 0 Å². The molecule has 1 aromatic heterocycles. The van der Waals surface area contributed by atoms with Gasteiger partial charge in [-0.15, -0.1) is 0 Å². The molecule has 1 aromatic rings. The Morgan fingerprint density at radius 1 is 1.29 bits per heavy atom. The molecule has 0 aliphatic carbocycles. The summed E-state index contributed by atoms with van der Waals surface area (Å²) in [6.07, 6.45) is 6.76. The highest BCUT2D eigenvalue weighted by Crippen LogP contribution is 2.36. The van der Waals surface area contributed by atoms with Gasteiger partial charge in [0.2, 0.25) is 0 Å². The molecule has 0 radical (unpaired) electrons. The Balaban J connectivity index is 2.34. The Morgan fingerprint density at radius 3 is 2.47 bits per heavy atom. The number of rotatable bonds is 4. The number of hydrogen-bond acceptors (Lipinski definition) is 3. The molecule has 94 valence electrons. The van der Waals surface area contributed by atoms with E-state index >= 15 is 0 Å². The van der Waals surface area contributed by atoms with Gasteiger partial charge in [0.05, 0.1) is 7.11 Å². The molecular formula is C14H22N2O. The van der Waals surface area contributed by atoms with Crippen LogP contribution >= 0.6 is 0 Å². The first-order valence-corrected chi connectivity index (χ1v) is 6.59. The summed E-state index contributed by atoms with van der Waals surface area (Å²) in [6, 6.07) is 5.16. The van der Waals surface area contributed by atoms with E-state index in [9.17, 15) is 0 Å². The topological polar surface area (TPSA) is 25.4 Å². The Hall–Kier alpha value is -1.25. The van der Waals surface area contributed by atoms with Gasteiger partial charge in [-0.3, -0.25) is 0 Å². The first kappa shape index (κ1) is 12.2. The molecule has 2 rings (SSSR count). The molecule has 1 saturated heterocycles. The van der Waals surface area contributed by atoms with Gasteiger partial charge in [-0.2, -0.15) is 0 Å². The summed E-state index contributed by atoms with van der Waals surface area (Å²) in [4.78, 5) is 7.00. The molecule has 3 heteroatoms.